The number of nitrogens with one attached hydrogen (secondary N) is 2. The number of fused-ring (bicyclic) bond motifs is 1. The summed E-state index contributed by atoms with van der Waals surface area (Å²) in [6, 6.07) is 14.4. The van der Waals surface area contributed by atoms with Gasteiger partial charge in [0.25, 0.3) is 0 Å². The molecule has 1 heterocycles. The molecule has 0 bridgehead atoms. The van der Waals surface area contributed by atoms with Gasteiger partial charge in [-0.3, -0.25) is 4.79 Å². The third-order valence-corrected chi connectivity index (χ3v) is 4.20. The van der Waals surface area contributed by atoms with E-state index in [1.165, 1.54) is 11.1 Å². The van der Waals surface area contributed by atoms with Crippen LogP contribution < -0.4 is 15.5 Å². The van der Waals surface area contributed by atoms with Gasteiger partial charge in [0.05, 0.1) is 6.54 Å². The van der Waals surface area contributed by atoms with E-state index in [9.17, 15) is 4.79 Å². The van der Waals surface area contributed by atoms with Crippen molar-refractivity contribution in [3.05, 3.63) is 59.2 Å². The van der Waals surface area contributed by atoms with Gasteiger partial charge in [0.1, 0.15) is 0 Å². The summed E-state index contributed by atoms with van der Waals surface area (Å²) in [4.78, 5) is 14.6. The monoisotopic (exact) mass is 345 g/mol. The van der Waals surface area contributed by atoms with Gasteiger partial charge in [0.15, 0.2) is 0 Å². The third kappa shape index (κ3) is 4.28. The predicted octanol–water partition coefficient (Wildman–Crippen LogP) is 3.27. The Balaban J connectivity index is 0.00000208. The van der Waals surface area contributed by atoms with Crippen molar-refractivity contribution in [2.75, 3.05) is 29.9 Å². The number of benzene rings is 2. The number of aryl methyl sites for hydroxylation is 2. The van der Waals surface area contributed by atoms with Crippen LogP contribution in [0.2, 0.25) is 0 Å². The molecule has 0 fully saturated rings. The van der Waals surface area contributed by atoms with Gasteiger partial charge in [-0.05, 0) is 37.1 Å². The van der Waals surface area contributed by atoms with E-state index in [4.69, 9.17) is 0 Å². The molecule has 5 heteroatoms. The topological polar surface area (TPSA) is 44.4 Å². The number of nitrogens with zero attached hydrogens (tertiary/aromatic N) is 1. The first-order valence-electron chi connectivity index (χ1n) is 8.04. The summed E-state index contributed by atoms with van der Waals surface area (Å²) in [5.41, 5.74) is 5.57. The molecule has 0 saturated heterocycles. The molecule has 128 valence electrons. The number of hydrogen-bond acceptors (Lipinski definition) is 3. The highest BCUT2D eigenvalue weighted by Gasteiger charge is 2.17. The van der Waals surface area contributed by atoms with Gasteiger partial charge >= 0.3 is 0 Å². The summed E-state index contributed by atoms with van der Waals surface area (Å²) in [7, 11) is 0. The number of halogens is 1. The van der Waals surface area contributed by atoms with Gasteiger partial charge in [-0.25, -0.2) is 0 Å². The number of hydrogen-bond donors (Lipinski definition) is 2. The summed E-state index contributed by atoms with van der Waals surface area (Å²) >= 11 is 0. The quantitative estimate of drug-likeness (QED) is 0.897. The van der Waals surface area contributed by atoms with Crippen LogP contribution in [0.15, 0.2) is 42.5 Å². The van der Waals surface area contributed by atoms with Crippen LogP contribution in [-0.4, -0.2) is 25.5 Å². The van der Waals surface area contributed by atoms with Crippen molar-refractivity contribution in [2.24, 2.45) is 0 Å². The Bertz CT molecular complexity index is 718. The van der Waals surface area contributed by atoms with Crippen molar-refractivity contribution in [1.29, 1.82) is 0 Å². The highest BCUT2D eigenvalue weighted by molar-refractivity contribution is 5.94. The molecule has 4 nitrogen and oxygen atoms in total. The van der Waals surface area contributed by atoms with Crippen molar-refractivity contribution >= 4 is 29.7 Å². The van der Waals surface area contributed by atoms with Gasteiger partial charge in [-0.15, -0.1) is 12.4 Å². The van der Waals surface area contributed by atoms with E-state index in [-0.39, 0.29) is 18.3 Å². The first-order valence-corrected chi connectivity index (χ1v) is 8.04. The normalized spacial score (nSPS) is 13.5. The molecule has 0 aromatic heterocycles. The molecule has 0 aliphatic carbocycles. The molecule has 0 unspecified atom stereocenters. The first kappa shape index (κ1) is 18.3. The van der Waals surface area contributed by atoms with E-state index in [0.29, 0.717) is 6.54 Å². The van der Waals surface area contributed by atoms with E-state index in [1.54, 1.807) is 0 Å². The second-order valence-corrected chi connectivity index (χ2v) is 6.09. The van der Waals surface area contributed by atoms with Crippen LogP contribution in [0.3, 0.4) is 0 Å². The minimum atomic E-state index is 0. The highest BCUT2D eigenvalue weighted by atomic mass is 35.5. The number of amides is 1. The van der Waals surface area contributed by atoms with Crippen molar-refractivity contribution in [2.45, 2.75) is 20.4 Å². The molecule has 2 aromatic carbocycles. The number of carbonyl (C=O) groups excluding carboxylic acids is 1. The molecular formula is C19H24ClN3O. The molecule has 2 aromatic rings. The van der Waals surface area contributed by atoms with E-state index in [2.05, 4.69) is 40.7 Å². The van der Waals surface area contributed by atoms with Crippen LogP contribution in [0.5, 0.6) is 0 Å². The van der Waals surface area contributed by atoms with Gasteiger partial charge in [0.2, 0.25) is 5.91 Å². The summed E-state index contributed by atoms with van der Waals surface area (Å²) in [6.45, 7) is 7.01. The molecule has 2 N–H and O–H groups in total. The van der Waals surface area contributed by atoms with Gasteiger partial charge < -0.3 is 15.5 Å². The highest BCUT2D eigenvalue weighted by Crippen LogP contribution is 2.22. The Morgan fingerprint density at radius 3 is 2.79 bits per heavy atom. The zero-order valence-electron chi connectivity index (χ0n) is 14.1. The average molecular weight is 346 g/mol. The Kier molecular flexibility index (Phi) is 6.23. The molecule has 1 amide bonds. The lowest BCUT2D eigenvalue weighted by Gasteiger charge is -2.24. The fraction of sp³-hybridized carbons (Fsp3) is 0.316. The molecule has 1 aliphatic rings. The molecule has 0 radical (unpaired) electrons. The maximum Gasteiger partial charge on any atom is 0.243 e. The first-order chi connectivity index (χ1) is 11.1. The molecule has 0 spiro atoms. The SMILES string of the molecule is Cc1ccc(NC(=O)CN2CCNCc3ccccc32)c(C)c1.Cl. The Morgan fingerprint density at radius 1 is 1.21 bits per heavy atom. The minimum Gasteiger partial charge on any atom is -0.361 e. The van der Waals surface area contributed by atoms with Crippen LogP contribution in [0.4, 0.5) is 11.4 Å². The molecule has 0 saturated carbocycles. The average Bonchev–Trinajstić information content (AvgIpc) is 2.73. The summed E-state index contributed by atoms with van der Waals surface area (Å²) in [5.74, 6) is 0.0219. The van der Waals surface area contributed by atoms with Crippen LogP contribution in [0.1, 0.15) is 16.7 Å². The second-order valence-electron chi connectivity index (χ2n) is 6.09. The lowest BCUT2D eigenvalue weighted by Crippen LogP contribution is -2.36. The number of rotatable bonds is 3. The molecule has 3 rings (SSSR count). The fourth-order valence-corrected chi connectivity index (χ4v) is 3.01. The smallest absolute Gasteiger partial charge is 0.243 e. The maximum atomic E-state index is 12.5. The lowest BCUT2D eigenvalue weighted by atomic mass is 10.1. The zero-order valence-corrected chi connectivity index (χ0v) is 15.0. The Labute approximate surface area is 149 Å². The van der Waals surface area contributed by atoms with Crippen molar-refractivity contribution < 1.29 is 4.79 Å². The predicted molar refractivity (Wildman–Crippen MR) is 102 cm³/mol. The number of carbonyl (C=O) groups is 1. The van der Waals surface area contributed by atoms with Crippen LogP contribution in [0, 0.1) is 13.8 Å². The fourth-order valence-electron chi connectivity index (χ4n) is 3.01. The minimum absolute atomic E-state index is 0. The molecule has 1 aliphatic heterocycles. The molecule has 0 atom stereocenters. The second kappa shape index (κ2) is 8.18. The largest absolute Gasteiger partial charge is 0.361 e. The molecular weight excluding hydrogens is 322 g/mol. The Morgan fingerprint density at radius 2 is 2.00 bits per heavy atom. The van der Waals surface area contributed by atoms with Crippen LogP contribution in [-0.2, 0) is 11.3 Å². The number of para-hydroxylation sites is 1. The lowest BCUT2D eigenvalue weighted by molar-refractivity contribution is -0.115. The summed E-state index contributed by atoms with van der Waals surface area (Å²) in [5, 5.41) is 6.43. The summed E-state index contributed by atoms with van der Waals surface area (Å²) < 4.78 is 0. The Hall–Kier alpha value is -2.04. The third-order valence-electron chi connectivity index (χ3n) is 4.20. The van der Waals surface area contributed by atoms with E-state index in [1.807, 2.05) is 31.2 Å². The number of anilines is 2. The van der Waals surface area contributed by atoms with E-state index >= 15 is 0 Å². The summed E-state index contributed by atoms with van der Waals surface area (Å²) in [6.07, 6.45) is 0. The molecule has 24 heavy (non-hydrogen) atoms. The van der Waals surface area contributed by atoms with Gasteiger partial charge in [-0.2, -0.15) is 0 Å². The van der Waals surface area contributed by atoms with Crippen LogP contribution >= 0.6 is 12.4 Å². The van der Waals surface area contributed by atoms with Crippen molar-refractivity contribution in [1.82, 2.24) is 5.32 Å². The van der Waals surface area contributed by atoms with Crippen LogP contribution in [0.25, 0.3) is 0 Å². The standard InChI is InChI=1S/C19H23N3O.ClH/c1-14-7-8-17(15(2)11-14)21-19(23)13-22-10-9-20-12-16-5-3-4-6-18(16)22;/h3-8,11,20H,9-10,12-13H2,1-2H3,(H,21,23);1H. The maximum absolute atomic E-state index is 12.5. The zero-order chi connectivity index (χ0) is 16.2. The van der Waals surface area contributed by atoms with Crippen molar-refractivity contribution in [3.8, 4) is 0 Å². The van der Waals surface area contributed by atoms with Gasteiger partial charge in [-0.1, -0.05) is 35.9 Å². The van der Waals surface area contributed by atoms with Gasteiger partial charge in [0, 0.05) is 31.0 Å². The van der Waals surface area contributed by atoms with E-state index in [0.717, 1.165) is 36.6 Å². The van der Waals surface area contributed by atoms with Crippen molar-refractivity contribution in [3.63, 3.8) is 0 Å². The van der Waals surface area contributed by atoms with E-state index < -0.39 is 0 Å².